The summed E-state index contributed by atoms with van der Waals surface area (Å²) >= 11 is 0. The quantitative estimate of drug-likeness (QED) is 0.671. The molecule has 0 N–H and O–H groups in total. The monoisotopic (exact) mass is 331 g/mol. The van der Waals surface area contributed by atoms with Gasteiger partial charge in [0, 0.05) is 36.8 Å². The van der Waals surface area contributed by atoms with Gasteiger partial charge >= 0.3 is 6.18 Å². The number of hydrogen-bond donors (Lipinski definition) is 0. The Balaban J connectivity index is 2.03. The molecule has 0 unspecified atom stereocenters. The molecule has 1 aromatic carbocycles. The number of nitrogens with zero attached hydrogens (tertiary/aromatic N) is 3. The Hall–Kier alpha value is -2.34. The molecule has 0 saturated carbocycles. The zero-order valence-electron chi connectivity index (χ0n) is 13.1. The van der Waals surface area contributed by atoms with Crippen molar-refractivity contribution in [1.29, 1.82) is 0 Å². The molecule has 6 heteroatoms. The third-order valence-corrected chi connectivity index (χ3v) is 4.57. The minimum absolute atomic E-state index is 0.602. The van der Waals surface area contributed by atoms with E-state index in [4.69, 9.17) is 0 Å². The maximum atomic E-state index is 13.1. The zero-order chi connectivity index (χ0) is 16.9. The van der Waals surface area contributed by atoms with Crippen molar-refractivity contribution in [1.82, 2.24) is 14.5 Å². The van der Waals surface area contributed by atoms with E-state index < -0.39 is 11.7 Å². The van der Waals surface area contributed by atoms with Gasteiger partial charge in [-0.25, -0.2) is 0 Å². The van der Waals surface area contributed by atoms with Crippen LogP contribution in [0.4, 0.5) is 13.2 Å². The summed E-state index contributed by atoms with van der Waals surface area (Å²) in [6.45, 7) is 1.54. The van der Waals surface area contributed by atoms with E-state index in [0.717, 1.165) is 41.5 Å². The van der Waals surface area contributed by atoms with Crippen molar-refractivity contribution in [3.05, 3.63) is 59.5 Å². The molecule has 124 valence electrons. The van der Waals surface area contributed by atoms with Gasteiger partial charge in [-0.2, -0.15) is 13.2 Å². The molecule has 0 fully saturated rings. The van der Waals surface area contributed by atoms with Crippen LogP contribution in [0.1, 0.15) is 16.8 Å². The Morgan fingerprint density at radius 2 is 2.00 bits per heavy atom. The molecule has 1 aliphatic heterocycles. The first-order valence-corrected chi connectivity index (χ1v) is 7.77. The van der Waals surface area contributed by atoms with Crippen molar-refractivity contribution in [2.24, 2.45) is 0 Å². The van der Waals surface area contributed by atoms with Gasteiger partial charge in [0.2, 0.25) is 0 Å². The lowest BCUT2D eigenvalue weighted by Gasteiger charge is -2.24. The molecule has 0 bridgehead atoms. The molecule has 24 heavy (non-hydrogen) atoms. The summed E-state index contributed by atoms with van der Waals surface area (Å²) in [6.07, 6.45) is -0.0955. The standard InChI is InChI=1S/C18H16F3N3/c1-23-8-6-17-15(11-23)14-9-12(18(19,20)21)4-5-16(14)24(17)13-3-2-7-22-10-13/h2-5,7,9-10H,6,8,11H2,1H3. The molecule has 2 aromatic heterocycles. The average molecular weight is 331 g/mol. The van der Waals surface area contributed by atoms with Crippen molar-refractivity contribution < 1.29 is 13.2 Å². The summed E-state index contributed by atoms with van der Waals surface area (Å²) in [5, 5.41) is 0.676. The highest BCUT2D eigenvalue weighted by molar-refractivity contribution is 5.88. The number of halogens is 3. The van der Waals surface area contributed by atoms with E-state index >= 15 is 0 Å². The van der Waals surface area contributed by atoms with Crippen LogP contribution >= 0.6 is 0 Å². The molecule has 1 aliphatic rings. The van der Waals surface area contributed by atoms with Crippen LogP contribution in [0.25, 0.3) is 16.6 Å². The predicted molar refractivity (Wildman–Crippen MR) is 86.1 cm³/mol. The van der Waals surface area contributed by atoms with Gasteiger partial charge in [-0.1, -0.05) is 0 Å². The van der Waals surface area contributed by atoms with Crippen LogP contribution in [-0.2, 0) is 19.1 Å². The van der Waals surface area contributed by atoms with Crippen LogP contribution in [0.5, 0.6) is 0 Å². The van der Waals surface area contributed by atoms with Crippen LogP contribution in [0.2, 0.25) is 0 Å². The summed E-state index contributed by atoms with van der Waals surface area (Å²) in [7, 11) is 1.99. The number of fused-ring (bicyclic) bond motifs is 3. The molecule has 0 amide bonds. The number of rotatable bonds is 1. The summed E-state index contributed by atoms with van der Waals surface area (Å²) in [5.41, 5.74) is 3.14. The SMILES string of the molecule is CN1CCc2c(c3cc(C(F)(F)F)ccc3n2-c2cccnc2)C1. The fourth-order valence-electron chi connectivity index (χ4n) is 3.45. The van der Waals surface area contributed by atoms with Crippen molar-refractivity contribution >= 4 is 10.9 Å². The first kappa shape index (κ1) is 15.2. The van der Waals surface area contributed by atoms with Crippen LogP contribution in [0, 0.1) is 0 Å². The van der Waals surface area contributed by atoms with E-state index in [9.17, 15) is 13.2 Å². The highest BCUT2D eigenvalue weighted by atomic mass is 19.4. The molecule has 0 aliphatic carbocycles. The maximum Gasteiger partial charge on any atom is 0.416 e. The van der Waals surface area contributed by atoms with Gasteiger partial charge < -0.3 is 9.47 Å². The maximum absolute atomic E-state index is 13.1. The van der Waals surface area contributed by atoms with Crippen LogP contribution in [0.15, 0.2) is 42.7 Å². The van der Waals surface area contributed by atoms with Crippen molar-refractivity contribution in [3.8, 4) is 5.69 Å². The van der Waals surface area contributed by atoms with E-state index in [-0.39, 0.29) is 0 Å². The van der Waals surface area contributed by atoms with Crippen molar-refractivity contribution in [2.75, 3.05) is 13.6 Å². The fraction of sp³-hybridized carbons (Fsp3) is 0.278. The Bertz CT molecular complexity index is 897. The fourth-order valence-corrected chi connectivity index (χ4v) is 3.45. The third-order valence-electron chi connectivity index (χ3n) is 4.57. The number of benzene rings is 1. The molecule has 0 atom stereocenters. The number of hydrogen-bond acceptors (Lipinski definition) is 2. The second kappa shape index (κ2) is 5.34. The number of aromatic nitrogens is 2. The van der Waals surface area contributed by atoms with Gasteiger partial charge in [-0.05, 0) is 42.9 Å². The zero-order valence-corrected chi connectivity index (χ0v) is 13.1. The molecule has 3 nitrogen and oxygen atoms in total. The van der Waals surface area contributed by atoms with Gasteiger partial charge in [-0.15, -0.1) is 0 Å². The van der Waals surface area contributed by atoms with Crippen molar-refractivity contribution in [2.45, 2.75) is 19.1 Å². The summed E-state index contributed by atoms with van der Waals surface area (Å²) in [5.74, 6) is 0. The molecular formula is C18H16F3N3. The van der Waals surface area contributed by atoms with Gasteiger partial charge in [0.05, 0.1) is 23.0 Å². The van der Waals surface area contributed by atoms with E-state index in [0.29, 0.717) is 11.9 Å². The number of pyridine rings is 1. The normalized spacial score (nSPS) is 15.7. The molecule has 0 saturated heterocycles. The minimum atomic E-state index is -4.34. The first-order chi connectivity index (χ1) is 11.4. The number of alkyl halides is 3. The first-order valence-electron chi connectivity index (χ1n) is 7.77. The van der Waals surface area contributed by atoms with Gasteiger partial charge in [0.1, 0.15) is 0 Å². The highest BCUT2D eigenvalue weighted by Crippen LogP contribution is 2.37. The lowest BCUT2D eigenvalue weighted by molar-refractivity contribution is -0.137. The largest absolute Gasteiger partial charge is 0.416 e. The second-order valence-corrected chi connectivity index (χ2v) is 6.19. The Labute approximate surface area is 137 Å². The molecule has 0 radical (unpaired) electrons. The molecule has 3 aromatic rings. The Morgan fingerprint density at radius 1 is 1.17 bits per heavy atom. The third kappa shape index (κ3) is 2.38. The van der Waals surface area contributed by atoms with Gasteiger partial charge in [0.25, 0.3) is 0 Å². The van der Waals surface area contributed by atoms with E-state index in [1.54, 1.807) is 18.5 Å². The molecule has 3 heterocycles. The van der Waals surface area contributed by atoms with E-state index in [1.807, 2.05) is 23.7 Å². The second-order valence-electron chi connectivity index (χ2n) is 6.19. The van der Waals surface area contributed by atoms with E-state index in [1.165, 1.54) is 6.07 Å². The smallest absolute Gasteiger partial charge is 0.312 e. The topological polar surface area (TPSA) is 21.1 Å². The van der Waals surface area contributed by atoms with E-state index in [2.05, 4.69) is 9.88 Å². The number of likely N-dealkylation sites (N-methyl/N-ethyl adjacent to an activating group) is 1. The summed E-state index contributed by atoms with van der Waals surface area (Å²) in [6, 6.07) is 7.78. The highest BCUT2D eigenvalue weighted by Gasteiger charge is 2.32. The lowest BCUT2D eigenvalue weighted by Crippen LogP contribution is -2.27. The Kier molecular flexibility index (Phi) is 3.38. The summed E-state index contributed by atoms with van der Waals surface area (Å²) < 4.78 is 41.4. The van der Waals surface area contributed by atoms with Gasteiger partial charge in [0.15, 0.2) is 0 Å². The van der Waals surface area contributed by atoms with Crippen LogP contribution < -0.4 is 0 Å². The van der Waals surface area contributed by atoms with Crippen LogP contribution in [-0.4, -0.2) is 28.0 Å². The Morgan fingerprint density at radius 3 is 2.71 bits per heavy atom. The average Bonchev–Trinajstić information content (AvgIpc) is 2.88. The van der Waals surface area contributed by atoms with Crippen molar-refractivity contribution in [3.63, 3.8) is 0 Å². The van der Waals surface area contributed by atoms with Crippen LogP contribution in [0.3, 0.4) is 0 Å². The summed E-state index contributed by atoms with van der Waals surface area (Å²) in [4.78, 5) is 6.29. The molecule has 4 rings (SSSR count). The molecular weight excluding hydrogens is 315 g/mol. The lowest BCUT2D eigenvalue weighted by atomic mass is 10.0. The minimum Gasteiger partial charge on any atom is -0.312 e. The van der Waals surface area contributed by atoms with Gasteiger partial charge in [-0.3, -0.25) is 4.98 Å². The molecule has 0 spiro atoms. The predicted octanol–water partition coefficient (Wildman–Crippen LogP) is 4.03.